The van der Waals surface area contributed by atoms with Crippen LogP contribution in [0.1, 0.15) is 22.3 Å². The molecule has 0 unspecified atom stereocenters. The highest BCUT2D eigenvalue weighted by atomic mass is 16.5. The molecule has 0 saturated heterocycles. The molecule has 0 spiro atoms. The smallest absolute Gasteiger partial charge is 0.224 e. The van der Waals surface area contributed by atoms with Gasteiger partial charge in [0.1, 0.15) is 11.5 Å². The molecule has 0 bridgehead atoms. The van der Waals surface area contributed by atoms with E-state index in [1.54, 1.807) is 14.2 Å². The summed E-state index contributed by atoms with van der Waals surface area (Å²) < 4.78 is 10.3. The molecule has 0 aliphatic heterocycles. The molecule has 2 N–H and O–H groups in total. The van der Waals surface area contributed by atoms with Gasteiger partial charge in [-0.05, 0) is 46.5 Å². The summed E-state index contributed by atoms with van der Waals surface area (Å²) in [5, 5.41) is 5.86. The first-order chi connectivity index (χ1) is 15.6. The number of carbonyl (C=O) groups excluding carboxylic acids is 2. The first kappa shape index (κ1) is 22.9. The van der Waals surface area contributed by atoms with Crippen LogP contribution < -0.4 is 20.1 Å². The van der Waals surface area contributed by atoms with Crippen LogP contribution in [0.15, 0.2) is 72.8 Å². The van der Waals surface area contributed by atoms with E-state index in [2.05, 4.69) is 10.6 Å². The predicted octanol–water partition coefficient (Wildman–Crippen LogP) is 3.42. The van der Waals surface area contributed by atoms with Crippen molar-refractivity contribution in [3.63, 3.8) is 0 Å². The van der Waals surface area contributed by atoms with E-state index in [1.807, 2.05) is 72.8 Å². The largest absolute Gasteiger partial charge is 0.497 e. The Bertz CT molecular complexity index is 929. The van der Waals surface area contributed by atoms with E-state index in [9.17, 15) is 9.59 Å². The molecule has 0 aliphatic rings. The molecule has 0 saturated carbocycles. The Kier molecular flexibility index (Phi) is 8.26. The Balaban J connectivity index is 1.40. The molecule has 6 heteroatoms. The SMILES string of the molecule is COc1ccc(CC(=O)NCc2ccc(CNC(=O)Cc3ccc(OC)cc3)cc2)cc1. The van der Waals surface area contributed by atoms with Crippen LogP contribution in [0.4, 0.5) is 0 Å². The average molecular weight is 433 g/mol. The second kappa shape index (κ2) is 11.6. The zero-order valence-corrected chi connectivity index (χ0v) is 18.4. The molecule has 0 aliphatic carbocycles. The maximum Gasteiger partial charge on any atom is 0.224 e. The number of amides is 2. The number of ether oxygens (including phenoxy) is 2. The van der Waals surface area contributed by atoms with Crippen LogP contribution in [0.5, 0.6) is 11.5 Å². The van der Waals surface area contributed by atoms with Crippen LogP contribution in [0, 0.1) is 0 Å². The second-order valence-electron chi connectivity index (χ2n) is 7.42. The van der Waals surface area contributed by atoms with Crippen molar-refractivity contribution in [2.45, 2.75) is 25.9 Å². The zero-order chi connectivity index (χ0) is 22.8. The molecule has 0 fully saturated rings. The Hall–Kier alpha value is -3.80. The lowest BCUT2D eigenvalue weighted by molar-refractivity contribution is -0.121. The molecule has 0 heterocycles. The average Bonchev–Trinajstić information content (AvgIpc) is 2.83. The minimum absolute atomic E-state index is 0.0370. The summed E-state index contributed by atoms with van der Waals surface area (Å²) in [6.07, 6.45) is 0.643. The van der Waals surface area contributed by atoms with Crippen molar-refractivity contribution >= 4 is 11.8 Å². The van der Waals surface area contributed by atoms with Crippen molar-refractivity contribution in [2.24, 2.45) is 0 Å². The maximum absolute atomic E-state index is 12.2. The molecule has 0 radical (unpaired) electrons. The highest BCUT2D eigenvalue weighted by Gasteiger charge is 2.06. The van der Waals surface area contributed by atoms with Gasteiger partial charge in [0, 0.05) is 13.1 Å². The fourth-order valence-electron chi connectivity index (χ4n) is 3.16. The number of hydrogen-bond donors (Lipinski definition) is 2. The minimum Gasteiger partial charge on any atom is -0.497 e. The van der Waals surface area contributed by atoms with Crippen molar-refractivity contribution in [1.82, 2.24) is 10.6 Å². The fourth-order valence-corrected chi connectivity index (χ4v) is 3.16. The molecular formula is C26H28N2O4. The summed E-state index contributed by atoms with van der Waals surface area (Å²) in [4.78, 5) is 24.3. The monoisotopic (exact) mass is 432 g/mol. The summed E-state index contributed by atoms with van der Waals surface area (Å²) in [6.45, 7) is 0.915. The van der Waals surface area contributed by atoms with Gasteiger partial charge >= 0.3 is 0 Å². The Morgan fingerprint density at radius 3 is 1.19 bits per heavy atom. The molecule has 3 aromatic carbocycles. The zero-order valence-electron chi connectivity index (χ0n) is 18.4. The van der Waals surface area contributed by atoms with E-state index < -0.39 is 0 Å². The molecule has 3 rings (SSSR count). The van der Waals surface area contributed by atoms with Gasteiger partial charge in [0.25, 0.3) is 0 Å². The van der Waals surface area contributed by atoms with Crippen LogP contribution in [-0.2, 0) is 35.5 Å². The predicted molar refractivity (Wildman–Crippen MR) is 124 cm³/mol. The topological polar surface area (TPSA) is 76.7 Å². The first-order valence-corrected chi connectivity index (χ1v) is 10.4. The molecule has 6 nitrogen and oxygen atoms in total. The number of benzene rings is 3. The van der Waals surface area contributed by atoms with Crippen molar-refractivity contribution < 1.29 is 19.1 Å². The molecule has 2 amide bonds. The summed E-state index contributed by atoms with van der Waals surface area (Å²) in [7, 11) is 3.23. The van der Waals surface area contributed by atoms with Gasteiger partial charge in [0.05, 0.1) is 27.1 Å². The third-order valence-corrected chi connectivity index (χ3v) is 5.05. The quantitative estimate of drug-likeness (QED) is 0.515. The van der Waals surface area contributed by atoms with E-state index in [1.165, 1.54) is 0 Å². The van der Waals surface area contributed by atoms with Crippen molar-refractivity contribution in [3.8, 4) is 11.5 Å². The third kappa shape index (κ3) is 7.16. The Morgan fingerprint density at radius 2 is 0.875 bits per heavy atom. The van der Waals surface area contributed by atoms with Crippen LogP contribution in [-0.4, -0.2) is 26.0 Å². The lowest BCUT2D eigenvalue weighted by atomic mass is 10.1. The molecule has 32 heavy (non-hydrogen) atoms. The standard InChI is InChI=1S/C26H28N2O4/c1-31-23-11-7-19(8-12-23)15-25(29)27-17-21-3-5-22(6-4-21)18-28-26(30)16-20-9-13-24(32-2)14-10-20/h3-14H,15-18H2,1-2H3,(H,27,29)(H,28,30). The van der Waals surface area contributed by atoms with E-state index in [4.69, 9.17) is 9.47 Å². The van der Waals surface area contributed by atoms with Gasteiger partial charge < -0.3 is 20.1 Å². The van der Waals surface area contributed by atoms with Crippen molar-refractivity contribution in [2.75, 3.05) is 14.2 Å². The lowest BCUT2D eigenvalue weighted by Crippen LogP contribution is -2.25. The van der Waals surface area contributed by atoms with Crippen molar-refractivity contribution in [1.29, 1.82) is 0 Å². The number of nitrogens with one attached hydrogen (secondary N) is 2. The third-order valence-electron chi connectivity index (χ3n) is 5.05. The van der Waals surface area contributed by atoms with Crippen molar-refractivity contribution in [3.05, 3.63) is 95.1 Å². The van der Waals surface area contributed by atoms with E-state index in [0.717, 1.165) is 33.8 Å². The number of methoxy groups -OCH3 is 2. The highest BCUT2D eigenvalue weighted by molar-refractivity contribution is 5.79. The van der Waals surface area contributed by atoms with E-state index in [-0.39, 0.29) is 11.8 Å². The minimum atomic E-state index is -0.0370. The summed E-state index contributed by atoms with van der Waals surface area (Å²) in [5.74, 6) is 1.47. The highest BCUT2D eigenvalue weighted by Crippen LogP contribution is 2.13. The van der Waals surface area contributed by atoms with Gasteiger partial charge in [-0.25, -0.2) is 0 Å². The summed E-state index contributed by atoms with van der Waals surface area (Å²) in [6, 6.07) is 22.7. The summed E-state index contributed by atoms with van der Waals surface area (Å²) >= 11 is 0. The Morgan fingerprint density at radius 1 is 0.562 bits per heavy atom. The molecular weight excluding hydrogens is 404 g/mol. The maximum atomic E-state index is 12.2. The molecule has 0 atom stereocenters. The van der Waals surface area contributed by atoms with Gasteiger partial charge in [-0.15, -0.1) is 0 Å². The molecule has 0 aromatic heterocycles. The first-order valence-electron chi connectivity index (χ1n) is 10.4. The second-order valence-corrected chi connectivity index (χ2v) is 7.42. The molecule has 166 valence electrons. The normalized spacial score (nSPS) is 10.3. The van der Waals surface area contributed by atoms with Crippen LogP contribution in [0.2, 0.25) is 0 Å². The lowest BCUT2D eigenvalue weighted by Gasteiger charge is -2.09. The number of carbonyl (C=O) groups is 2. The van der Waals surface area contributed by atoms with Gasteiger partial charge in [0.2, 0.25) is 11.8 Å². The number of rotatable bonds is 10. The van der Waals surface area contributed by atoms with Crippen LogP contribution in [0.3, 0.4) is 0 Å². The molecule has 3 aromatic rings. The van der Waals surface area contributed by atoms with Gasteiger partial charge in [0.15, 0.2) is 0 Å². The number of hydrogen-bond acceptors (Lipinski definition) is 4. The Labute approximate surface area is 188 Å². The van der Waals surface area contributed by atoms with E-state index in [0.29, 0.717) is 25.9 Å². The fraction of sp³-hybridized carbons (Fsp3) is 0.231. The summed E-state index contributed by atoms with van der Waals surface area (Å²) in [5.41, 5.74) is 3.87. The van der Waals surface area contributed by atoms with Gasteiger partial charge in [-0.1, -0.05) is 48.5 Å². The van der Waals surface area contributed by atoms with Crippen LogP contribution in [0.25, 0.3) is 0 Å². The van der Waals surface area contributed by atoms with E-state index >= 15 is 0 Å². The van der Waals surface area contributed by atoms with Gasteiger partial charge in [-0.3, -0.25) is 9.59 Å². The van der Waals surface area contributed by atoms with Gasteiger partial charge in [-0.2, -0.15) is 0 Å². The van der Waals surface area contributed by atoms with Crippen LogP contribution >= 0.6 is 0 Å².